The summed E-state index contributed by atoms with van der Waals surface area (Å²) in [6.45, 7) is 6.58. The van der Waals surface area contributed by atoms with Crippen LogP contribution in [0.3, 0.4) is 0 Å². The Bertz CT molecular complexity index is 110. The first-order valence-electron chi connectivity index (χ1n) is 5.09. The first kappa shape index (κ1) is 10.0. The Morgan fingerprint density at radius 1 is 1.50 bits per heavy atom. The Morgan fingerprint density at radius 3 is 2.92 bits per heavy atom. The third-order valence-corrected chi connectivity index (χ3v) is 2.71. The van der Waals surface area contributed by atoms with Crippen molar-refractivity contribution in [2.75, 3.05) is 33.4 Å². The quantitative estimate of drug-likeness (QED) is 0.639. The molecule has 1 unspecified atom stereocenters. The zero-order valence-electron chi connectivity index (χ0n) is 8.38. The van der Waals surface area contributed by atoms with E-state index in [0.717, 1.165) is 25.7 Å². The lowest BCUT2D eigenvalue weighted by Crippen LogP contribution is -2.25. The summed E-state index contributed by atoms with van der Waals surface area (Å²) in [6.07, 6.45) is 3.95. The molecule has 1 fully saturated rings. The van der Waals surface area contributed by atoms with Gasteiger partial charge in [0.05, 0.1) is 0 Å². The van der Waals surface area contributed by atoms with E-state index in [1.54, 1.807) is 0 Å². The largest absolute Gasteiger partial charge is 0.381 e. The molecule has 0 amide bonds. The first-order chi connectivity index (χ1) is 5.83. The Labute approximate surface area is 75.9 Å². The molecule has 0 radical (unpaired) electrons. The molecule has 0 aromatic heterocycles. The summed E-state index contributed by atoms with van der Waals surface area (Å²) in [5, 5.41) is 0. The molecule has 1 heterocycles. The highest BCUT2D eigenvalue weighted by Gasteiger charge is 2.13. The van der Waals surface area contributed by atoms with Crippen LogP contribution < -0.4 is 0 Å². The maximum atomic E-state index is 5.43. The number of ether oxygens (including phenoxy) is 1. The normalized spacial score (nSPS) is 24.8. The van der Waals surface area contributed by atoms with E-state index in [9.17, 15) is 0 Å². The maximum absolute atomic E-state index is 5.43. The van der Waals surface area contributed by atoms with Gasteiger partial charge >= 0.3 is 0 Å². The van der Waals surface area contributed by atoms with Gasteiger partial charge in [-0.05, 0) is 45.3 Å². The molecule has 12 heavy (non-hydrogen) atoms. The molecule has 72 valence electrons. The molecular formula is C10H21NO. The van der Waals surface area contributed by atoms with Gasteiger partial charge in [-0.1, -0.05) is 6.92 Å². The summed E-state index contributed by atoms with van der Waals surface area (Å²) in [4.78, 5) is 2.37. The molecule has 2 heteroatoms. The highest BCUT2D eigenvalue weighted by Crippen LogP contribution is 2.16. The minimum absolute atomic E-state index is 0.827. The van der Waals surface area contributed by atoms with E-state index in [2.05, 4.69) is 18.9 Å². The van der Waals surface area contributed by atoms with Gasteiger partial charge < -0.3 is 9.64 Å². The van der Waals surface area contributed by atoms with Gasteiger partial charge in [-0.15, -0.1) is 0 Å². The Morgan fingerprint density at radius 2 is 2.33 bits per heavy atom. The van der Waals surface area contributed by atoms with Crippen molar-refractivity contribution < 1.29 is 4.74 Å². The second kappa shape index (κ2) is 5.55. The standard InChI is InChI=1S/C10H21NO/c1-3-11(2)7-6-10-5-4-8-12-9-10/h10H,3-9H2,1-2H3. The Hall–Kier alpha value is -0.0800. The van der Waals surface area contributed by atoms with Crippen LogP contribution in [0.15, 0.2) is 0 Å². The molecule has 1 atom stereocenters. The van der Waals surface area contributed by atoms with Crippen LogP contribution in [-0.4, -0.2) is 38.3 Å². The smallest absolute Gasteiger partial charge is 0.0494 e. The van der Waals surface area contributed by atoms with Crippen LogP contribution in [0.4, 0.5) is 0 Å². The van der Waals surface area contributed by atoms with Crippen LogP contribution in [0, 0.1) is 5.92 Å². The third kappa shape index (κ3) is 3.55. The first-order valence-corrected chi connectivity index (χ1v) is 5.09. The molecule has 0 saturated carbocycles. The highest BCUT2D eigenvalue weighted by atomic mass is 16.5. The molecule has 1 rings (SSSR count). The Balaban J connectivity index is 2.05. The van der Waals surface area contributed by atoms with Crippen LogP contribution in [-0.2, 0) is 4.74 Å². The Kier molecular flexibility index (Phi) is 4.62. The van der Waals surface area contributed by atoms with Gasteiger partial charge in [-0.2, -0.15) is 0 Å². The molecule has 1 aliphatic rings. The van der Waals surface area contributed by atoms with Gasteiger partial charge in [-0.3, -0.25) is 0 Å². The summed E-state index contributed by atoms with van der Waals surface area (Å²) < 4.78 is 5.43. The van der Waals surface area contributed by atoms with Crippen molar-refractivity contribution >= 4 is 0 Å². The molecule has 0 bridgehead atoms. The van der Waals surface area contributed by atoms with Gasteiger partial charge in [0.1, 0.15) is 0 Å². The van der Waals surface area contributed by atoms with Crippen LogP contribution >= 0.6 is 0 Å². The zero-order chi connectivity index (χ0) is 8.81. The number of rotatable bonds is 4. The second-order valence-corrected chi connectivity index (χ2v) is 3.77. The van der Waals surface area contributed by atoms with Crippen LogP contribution in [0.25, 0.3) is 0 Å². The SMILES string of the molecule is CCN(C)CCC1CCCOC1. The fourth-order valence-corrected chi connectivity index (χ4v) is 1.60. The second-order valence-electron chi connectivity index (χ2n) is 3.77. The average molecular weight is 171 g/mol. The van der Waals surface area contributed by atoms with E-state index < -0.39 is 0 Å². The van der Waals surface area contributed by atoms with Crippen LogP contribution in [0.1, 0.15) is 26.2 Å². The molecule has 0 aromatic carbocycles. The summed E-state index contributed by atoms with van der Waals surface area (Å²) in [5.41, 5.74) is 0. The van der Waals surface area contributed by atoms with Crippen LogP contribution in [0.5, 0.6) is 0 Å². The van der Waals surface area contributed by atoms with Gasteiger partial charge in [0.25, 0.3) is 0 Å². The van der Waals surface area contributed by atoms with Crippen molar-refractivity contribution in [3.63, 3.8) is 0 Å². The predicted molar refractivity (Wildman–Crippen MR) is 51.3 cm³/mol. The molecule has 1 saturated heterocycles. The van der Waals surface area contributed by atoms with Gasteiger partial charge in [0.15, 0.2) is 0 Å². The van der Waals surface area contributed by atoms with E-state index >= 15 is 0 Å². The average Bonchev–Trinajstić information content (AvgIpc) is 2.16. The van der Waals surface area contributed by atoms with Gasteiger partial charge in [0, 0.05) is 13.2 Å². The molecule has 0 spiro atoms. The summed E-state index contributed by atoms with van der Waals surface area (Å²) in [5.74, 6) is 0.827. The number of hydrogen-bond donors (Lipinski definition) is 0. The molecule has 0 aliphatic carbocycles. The highest BCUT2D eigenvalue weighted by molar-refractivity contribution is 4.64. The third-order valence-electron chi connectivity index (χ3n) is 2.71. The van der Waals surface area contributed by atoms with E-state index in [0.29, 0.717) is 0 Å². The van der Waals surface area contributed by atoms with E-state index in [4.69, 9.17) is 4.74 Å². The van der Waals surface area contributed by atoms with Crippen molar-refractivity contribution in [2.24, 2.45) is 5.92 Å². The van der Waals surface area contributed by atoms with E-state index in [1.165, 1.54) is 25.8 Å². The fraction of sp³-hybridized carbons (Fsp3) is 1.00. The lowest BCUT2D eigenvalue weighted by Gasteiger charge is -2.24. The minimum atomic E-state index is 0.827. The lowest BCUT2D eigenvalue weighted by atomic mass is 9.98. The van der Waals surface area contributed by atoms with Gasteiger partial charge in [-0.25, -0.2) is 0 Å². The monoisotopic (exact) mass is 171 g/mol. The number of hydrogen-bond acceptors (Lipinski definition) is 2. The lowest BCUT2D eigenvalue weighted by molar-refractivity contribution is 0.0485. The summed E-state index contributed by atoms with van der Waals surface area (Å²) >= 11 is 0. The fourth-order valence-electron chi connectivity index (χ4n) is 1.60. The zero-order valence-corrected chi connectivity index (χ0v) is 8.38. The van der Waals surface area contributed by atoms with Gasteiger partial charge in [0.2, 0.25) is 0 Å². The topological polar surface area (TPSA) is 12.5 Å². The summed E-state index contributed by atoms with van der Waals surface area (Å²) in [7, 11) is 2.18. The van der Waals surface area contributed by atoms with Crippen molar-refractivity contribution in [3.05, 3.63) is 0 Å². The maximum Gasteiger partial charge on any atom is 0.0494 e. The molecule has 0 N–H and O–H groups in total. The molecule has 2 nitrogen and oxygen atoms in total. The molecule has 1 aliphatic heterocycles. The number of nitrogens with zero attached hydrogens (tertiary/aromatic N) is 1. The minimum Gasteiger partial charge on any atom is -0.381 e. The summed E-state index contributed by atoms with van der Waals surface area (Å²) in [6, 6.07) is 0. The van der Waals surface area contributed by atoms with Crippen molar-refractivity contribution in [1.82, 2.24) is 4.90 Å². The van der Waals surface area contributed by atoms with Crippen molar-refractivity contribution in [3.8, 4) is 0 Å². The van der Waals surface area contributed by atoms with Crippen LogP contribution in [0.2, 0.25) is 0 Å². The van der Waals surface area contributed by atoms with Crippen molar-refractivity contribution in [1.29, 1.82) is 0 Å². The predicted octanol–water partition coefficient (Wildman–Crippen LogP) is 1.75. The molecular weight excluding hydrogens is 150 g/mol. The van der Waals surface area contributed by atoms with Crippen molar-refractivity contribution in [2.45, 2.75) is 26.2 Å². The molecule has 0 aromatic rings. The van der Waals surface area contributed by atoms with E-state index in [1.807, 2.05) is 0 Å². The van der Waals surface area contributed by atoms with E-state index in [-0.39, 0.29) is 0 Å².